The van der Waals surface area contributed by atoms with Crippen molar-refractivity contribution in [3.8, 4) is 0 Å². The highest BCUT2D eigenvalue weighted by molar-refractivity contribution is 5.88. The van der Waals surface area contributed by atoms with Crippen LogP contribution in [-0.4, -0.2) is 59.9 Å². The fraction of sp³-hybridized carbons (Fsp3) is 0.791. The monoisotopic (exact) mass is 656 g/mol. The minimum Gasteiger partial charge on any atom is -0.478 e. The lowest BCUT2D eigenvalue weighted by atomic mass is 9.33. The Hall–Kier alpha value is -1.69. The number of carboxylic acid groups (broad SMARTS) is 1. The van der Waals surface area contributed by atoms with E-state index in [4.69, 9.17) is 4.74 Å². The normalized spacial score (nSPS) is 46.1. The van der Waals surface area contributed by atoms with Crippen molar-refractivity contribution in [3.05, 3.63) is 41.5 Å². The van der Waals surface area contributed by atoms with E-state index in [-0.39, 0.29) is 10.8 Å². The van der Waals surface area contributed by atoms with Crippen LogP contribution >= 0.6 is 0 Å². The first-order valence-electron chi connectivity index (χ1n) is 19.9. The average Bonchev–Trinajstić information content (AvgIpc) is 3.76. The fourth-order valence-corrected chi connectivity index (χ4v) is 14.8. The Morgan fingerprint density at radius 1 is 0.958 bits per heavy atom. The largest absolute Gasteiger partial charge is 0.478 e. The first-order chi connectivity index (χ1) is 22.7. The molecule has 11 unspecified atom stereocenters. The van der Waals surface area contributed by atoms with Crippen molar-refractivity contribution in [1.29, 1.82) is 0 Å². The molecule has 264 valence electrons. The van der Waals surface area contributed by atoms with E-state index in [2.05, 4.69) is 76.9 Å². The lowest BCUT2D eigenvalue weighted by molar-refractivity contribution is -0.221. The van der Waals surface area contributed by atoms with Gasteiger partial charge in [0.15, 0.2) is 0 Å². The number of nitrogens with one attached hydrogen (secondary N) is 1. The molecule has 0 radical (unpaired) electrons. The van der Waals surface area contributed by atoms with Crippen molar-refractivity contribution >= 4 is 11.5 Å². The van der Waals surface area contributed by atoms with Gasteiger partial charge in [-0.15, -0.1) is 0 Å². The highest BCUT2D eigenvalue weighted by Gasteiger charge is 2.70. The zero-order chi connectivity index (χ0) is 33.9. The molecule has 1 aromatic carbocycles. The maximum Gasteiger partial charge on any atom is 0.335 e. The van der Waals surface area contributed by atoms with Gasteiger partial charge in [-0.2, -0.15) is 0 Å². The summed E-state index contributed by atoms with van der Waals surface area (Å²) in [5, 5.41) is 13.9. The van der Waals surface area contributed by atoms with E-state index in [1.807, 2.05) is 0 Å². The summed E-state index contributed by atoms with van der Waals surface area (Å²) >= 11 is 0. The number of carboxylic acids is 1. The number of nitrogens with zero attached hydrogens (tertiary/aromatic N) is 1. The summed E-state index contributed by atoms with van der Waals surface area (Å²) < 4.78 is 5.91. The molecular weight excluding hydrogens is 592 g/mol. The number of allylic oxidation sites excluding steroid dienone is 2. The smallest absolute Gasteiger partial charge is 0.335 e. The van der Waals surface area contributed by atoms with Gasteiger partial charge in [0, 0.05) is 31.2 Å². The van der Waals surface area contributed by atoms with Gasteiger partial charge in [-0.3, -0.25) is 4.90 Å². The molecule has 0 amide bonds. The van der Waals surface area contributed by atoms with E-state index in [0.717, 1.165) is 55.7 Å². The van der Waals surface area contributed by atoms with E-state index >= 15 is 0 Å². The van der Waals surface area contributed by atoms with Gasteiger partial charge in [0.1, 0.15) is 0 Å². The predicted molar refractivity (Wildman–Crippen MR) is 194 cm³/mol. The van der Waals surface area contributed by atoms with Crippen LogP contribution in [0.4, 0.5) is 0 Å². The van der Waals surface area contributed by atoms with Crippen LogP contribution < -0.4 is 5.32 Å². The molecular formula is C43H64N2O3. The Bertz CT molecular complexity index is 1450. The van der Waals surface area contributed by atoms with E-state index in [0.29, 0.717) is 40.0 Å². The first kappa shape index (κ1) is 33.5. The predicted octanol–water partition coefficient (Wildman–Crippen LogP) is 8.93. The molecule has 6 fully saturated rings. The molecule has 1 aromatic rings. The van der Waals surface area contributed by atoms with E-state index in [1.165, 1.54) is 75.5 Å². The third-order valence-electron chi connectivity index (χ3n) is 17.3. The molecule has 2 aliphatic heterocycles. The van der Waals surface area contributed by atoms with Crippen LogP contribution in [0, 0.1) is 57.2 Å². The van der Waals surface area contributed by atoms with Gasteiger partial charge in [-0.25, -0.2) is 4.79 Å². The van der Waals surface area contributed by atoms with Gasteiger partial charge in [0.05, 0.1) is 18.3 Å². The molecule has 5 aliphatic carbocycles. The zero-order valence-electron chi connectivity index (χ0n) is 31.1. The first-order valence-corrected chi connectivity index (χ1v) is 19.9. The number of fused-ring (bicyclic) bond motifs is 9. The number of morpholine rings is 1. The number of likely N-dealkylation sites (tertiary alicyclic amines) is 1. The Labute approximate surface area is 291 Å². The van der Waals surface area contributed by atoms with Crippen LogP contribution in [-0.2, 0) is 4.74 Å². The van der Waals surface area contributed by atoms with Gasteiger partial charge < -0.3 is 15.2 Å². The molecule has 7 aliphatic rings. The van der Waals surface area contributed by atoms with Crippen LogP contribution in [0.3, 0.4) is 0 Å². The second kappa shape index (κ2) is 11.4. The summed E-state index contributed by atoms with van der Waals surface area (Å²) in [4.78, 5) is 14.3. The number of hydrogen-bond acceptors (Lipinski definition) is 4. The SMILES string of the molecule is CC(C)C1CCC2(NCCN3CC4CC3CO4)CCC3(C)C(CCC4C5(C)CC=C(c6ccc(C(=O)O)cc6)C(C)(C)C5CCC43C)C12. The van der Waals surface area contributed by atoms with Gasteiger partial charge in [-0.05, 0) is 145 Å². The molecule has 4 saturated carbocycles. The van der Waals surface area contributed by atoms with E-state index in [9.17, 15) is 9.90 Å². The van der Waals surface area contributed by atoms with E-state index < -0.39 is 5.97 Å². The van der Waals surface area contributed by atoms with Crippen molar-refractivity contribution in [2.75, 3.05) is 26.2 Å². The number of ether oxygens (including phenoxy) is 1. The third kappa shape index (κ3) is 4.68. The van der Waals surface area contributed by atoms with Gasteiger partial charge >= 0.3 is 5.97 Å². The molecule has 2 bridgehead atoms. The second-order valence-corrected chi connectivity index (χ2v) is 19.5. The number of hydrogen-bond donors (Lipinski definition) is 2. The van der Waals surface area contributed by atoms with Crippen LogP contribution in [0.2, 0.25) is 0 Å². The second-order valence-electron chi connectivity index (χ2n) is 19.5. The quantitative estimate of drug-likeness (QED) is 0.307. The molecule has 5 heteroatoms. The molecule has 0 spiro atoms. The van der Waals surface area contributed by atoms with Crippen molar-refractivity contribution in [2.45, 2.75) is 130 Å². The Balaban J connectivity index is 1.06. The summed E-state index contributed by atoms with van der Waals surface area (Å²) in [6.45, 7) is 22.7. The van der Waals surface area contributed by atoms with Crippen LogP contribution in [0.25, 0.3) is 5.57 Å². The number of benzene rings is 1. The molecule has 8 rings (SSSR count). The van der Waals surface area contributed by atoms with Crippen LogP contribution in [0.5, 0.6) is 0 Å². The summed E-state index contributed by atoms with van der Waals surface area (Å²) in [6.07, 6.45) is 16.4. The van der Waals surface area contributed by atoms with Crippen LogP contribution in [0.15, 0.2) is 30.3 Å². The number of aromatic carboxylic acids is 1. The number of rotatable bonds is 7. The lowest BCUT2D eigenvalue weighted by Crippen LogP contribution is -2.68. The third-order valence-corrected chi connectivity index (χ3v) is 17.3. The minimum absolute atomic E-state index is 0.0532. The Kier molecular flexibility index (Phi) is 7.95. The van der Waals surface area contributed by atoms with E-state index in [1.54, 1.807) is 12.1 Å². The molecule has 11 atom stereocenters. The Morgan fingerprint density at radius 2 is 1.73 bits per heavy atom. The summed E-state index contributed by atoms with van der Waals surface area (Å²) in [5.41, 5.74) is 4.40. The molecule has 2 heterocycles. The van der Waals surface area contributed by atoms with Crippen molar-refractivity contribution in [2.24, 2.45) is 57.2 Å². The van der Waals surface area contributed by atoms with Gasteiger partial charge in [0.2, 0.25) is 0 Å². The highest BCUT2D eigenvalue weighted by atomic mass is 16.5. The summed E-state index contributed by atoms with van der Waals surface area (Å²) in [7, 11) is 0. The summed E-state index contributed by atoms with van der Waals surface area (Å²) in [6, 6.07) is 8.35. The maximum absolute atomic E-state index is 11.6. The minimum atomic E-state index is -0.848. The average molecular weight is 657 g/mol. The standard InChI is InChI=1S/C43H64N2O3/c1-27(2)32-14-19-43(44-22-23-45-25-31-24-30(45)26-48-31)21-20-41(6)34(37(32)43)12-13-36-40(5)17-15-33(28-8-10-29(11-9-28)38(46)47)39(3,4)35(40)16-18-42(36,41)7/h8-11,15,27,30-32,34-37,44H,12-14,16-26H2,1-7H3,(H,46,47). The van der Waals surface area contributed by atoms with Gasteiger partial charge in [0.25, 0.3) is 0 Å². The van der Waals surface area contributed by atoms with Crippen molar-refractivity contribution in [3.63, 3.8) is 0 Å². The lowest BCUT2D eigenvalue weighted by Gasteiger charge is -2.72. The maximum atomic E-state index is 11.6. The zero-order valence-corrected chi connectivity index (χ0v) is 31.1. The number of carbonyl (C=O) groups is 1. The topological polar surface area (TPSA) is 61.8 Å². The molecule has 2 saturated heterocycles. The molecule has 2 N–H and O–H groups in total. The molecule has 0 aromatic heterocycles. The van der Waals surface area contributed by atoms with Gasteiger partial charge in [-0.1, -0.05) is 66.7 Å². The fourth-order valence-electron chi connectivity index (χ4n) is 14.8. The molecule has 48 heavy (non-hydrogen) atoms. The highest BCUT2D eigenvalue weighted by Crippen LogP contribution is 2.76. The van der Waals surface area contributed by atoms with Crippen molar-refractivity contribution in [1.82, 2.24) is 10.2 Å². The van der Waals surface area contributed by atoms with Crippen LogP contribution in [0.1, 0.15) is 129 Å². The Morgan fingerprint density at radius 3 is 2.40 bits per heavy atom. The van der Waals surface area contributed by atoms with Crippen molar-refractivity contribution < 1.29 is 14.6 Å². The summed E-state index contributed by atoms with van der Waals surface area (Å²) in [5.74, 6) is 3.70. The molecule has 5 nitrogen and oxygen atoms in total.